The van der Waals surface area contributed by atoms with Crippen LogP contribution in [0.5, 0.6) is 0 Å². The summed E-state index contributed by atoms with van der Waals surface area (Å²) in [7, 11) is 0. The van der Waals surface area contributed by atoms with E-state index in [1.165, 1.54) is 31.4 Å². The summed E-state index contributed by atoms with van der Waals surface area (Å²) in [6, 6.07) is 0. The third kappa shape index (κ3) is 4.00. The van der Waals surface area contributed by atoms with Crippen LogP contribution in [0, 0.1) is 5.92 Å². The molecule has 3 heteroatoms. The lowest BCUT2D eigenvalue weighted by Gasteiger charge is -2.06. The van der Waals surface area contributed by atoms with Gasteiger partial charge in [-0.05, 0) is 24.5 Å². The molecular weight excluding hydrogens is 172 g/mol. The first kappa shape index (κ1) is 9.90. The third-order valence-electron chi connectivity index (χ3n) is 2.29. The average Bonchev–Trinajstić information content (AvgIpc) is 2.49. The Morgan fingerprint density at radius 1 is 1.42 bits per heavy atom. The van der Waals surface area contributed by atoms with E-state index in [0.29, 0.717) is 6.42 Å². The Labute approximate surface area is 77.7 Å². The highest BCUT2D eigenvalue weighted by Gasteiger charge is 2.14. The smallest absolute Gasteiger partial charge is 0.304 e. The van der Waals surface area contributed by atoms with Crippen LogP contribution in [0.25, 0.3) is 0 Å². The second-order valence-corrected chi connectivity index (χ2v) is 4.52. The maximum Gasteiger partial charge on any atom is 0.304 e. The number of rotatable bonds is 5. The van der Waals surface area contributed by atoms with Gasteiger partial charge in [-0.15, -0.1) is 0 Å². The molecule has 0 amide bonds. The van der Waals surface area contributed by atoms with Crippen molar-refractivity contribution in [1.82, 2.24) is 0 Å². The number of carboxylic acid groups (broad SMARTS) is 1. The summed E-state index contributed by atoms with van der Waals surface area (Å²) >= 11 is 1.80. The van der Waals surface area contributed by atoms with E-state index in [-0.39, 0.29) is 0 Å². The lowest BCUT2D eigenvalue weighted by Crippen LogP contribution is -2.00. The molecule has 0 aromatic carbocycles. The summed E-state index contributed by atoms with van der Waals surface area (Å²) in [5.74, 6) is 2.16. The second kappa shape index (κ2) is 5.46. The Balaban J connectivity index is 1.91. The fourth-order valence-electron chi connectivity index (χ4n) is 1.59. The second-order valence-electron chi connectivity index (χ2n) is 3.37. The molecule has 0 aromatic rings. The van der Waals surface area contributed by atoms with E-state index in [0.717, 1.165) is 11.7 Å². The van der Waals surface area contributed by atoms with Crippen LogP contribution < -0.4 is 0 Å². The number of hydrogen-bond donors (Lipinski definition) is 1. The van der Waals surface area contributed by atoms with Crippen molar-refractivity contribution in [3.8, 4) is 0 Å². The molecule has 0 radical (unpaired) electrons. The predicted octanol–water partition coefficient (Wildman–Crippen LogP) is 2.38. The van der Waals surface area contributed by atoms with Crippen LogP contribution in [-0.4, -0.2) is 22.6 Å². The van der Waals surface area contributed by atoms with Gasteiger partial charge >= 0.3 is 5.97 Å². The summed E-state index contributed by atoms with van der Waals surface area (Å²) in [5, 5.41) is 8.39. The van der Waals surface area contributed by atoms with Crippen LogP contribution in [-0.2, 0) is 4.79 Å². The standard InChI is InChI=1S/C9H16O2S/c10-9(11)5-6-12-7-8-3-1-2-4-8/h8H,1-7H2,(H,10,11). The number of thioether (sulfide) groups is 1. The molecule has 70 valence electrons. The average molecular weight is 188 g/mol. The van der Waals surface area contributed by atoms with Crippen molar-refractivity contribution < 1.29 is 9.90 Å². The molecule has 1 aliphatic rings. The zero-order valence-corrected chi connectivity index (χ0v) is 8.11. The Morgan fingerprint density at radius 3 is 2.67 bits per heavy atom. The first-order valence-corrected chi connectivity index (χ1v) is 5.74. The molecule has 1 rings (SSSR count). The molecule has 1 N–H and O–H groups in total. The number of carboxylic acids is 1. The Bertz CT molecular complexity index is 141. The summed E-state index contributed by atoms with van der Waals surface area (Å²) in [6.07, 6.45) is 5.80. The molecule has 0 heterocycles. The maximum atomic E-state index is 10.2. The van der Waals surface area contributed by atoms with Crippen molar-refractivity contribution in [2.24, 2.45) is 5.92 Å². The van der Waals surface area contributed by atoms with E-state index in [1.807, 2.05) is 0 Å². The molecule has 0 bridgehead atoms. The predicted molar refractivity (Wildman–Crippen MR) is 51.5 cm³/mol. The highest BCUT2D eigenvalue weighted by Crippen LogP contribution is 2.27. The van der Waals surface area contributed by atoms with Gasteiger partial charge in [-0.3, -0.25) is 4.79 Å². The van der Waals surface area contributed by atoms with Crippen LogP contribution in [0.4, 0.5) is 0 Å². The van der Waals surface area contributed by atoms with E-state index in [4.69, 9.17) is 5.11 Å². The Hall–Kier alpha value is -0.180. The van der Waals surface area contributed by atoms with Crippen LogP contribution in [0.15, 0.2) is 0 Å². The van der Waals surface area contributed by atoms with Gasteiger partial charge in [0.15, 0.2) is 0 Å². The van der Waals surface area contributed by atoms with E-state index < -0.39 is 5.97 Å². The van der Waals surface area contributed by atoms with Gasteiger partial charge in [-0.2, -0.15) is 11.8 Å². The minimum absolute atomic E-state index is 0.317. The van der Waals surface area contributed by atoms with Crippen molar-refractivity contribution >= 4 is 17.7 Å². The van der Waals surface area contributed by atoms with Crippen molar-refractivity contribution in [2.75, 3.05) is 11.5 Å². The van der Waals surface area contributed by atoms with Crippen molar-refractivity contribution in [3.05, 3.63) is 0 Å². The highest BCUT2D eigenvalue weighted by molar-refractivity contribution is 7.99. The number of aliphatic carboxylic acids is 1. The Morgan fingerprint density at radius 2 is 2.08 bits per heavy atom. The quantitative estimate of drug-likeness (QED) is 0.673. The van der Waals surface area contributed by atoms with E-state index in [9.17, 15) is 4.79 Å². The van der Waals surface area contributed by atoms with E-state index in [1.54, 1.807) is 11.8 Å². The van der Waals surface area contributed by atoms with Gasteiger partial charge in [0.05, 0.1) is 6.42 Å². The summed E-state index contributed by atoms with van der Waals surface area (Å²) in [5.41, 5.74) is 0. The largest absolute Gasteiger partial charge is 0.481 e. The summed E-state index contributed by atoms with van der Waals surface area (Å²) < 4.78 is 0. The molecule has 12 heavy (non-hydrogen) atoms. The maximum absolute atomic E-state index is 10.2. The van der Waals surface area contributed by atoms with Gasteiger partial charge in [-0.1, -0.05) is 12.8 Å². The van der Waals surface area contributed by atoms with Gasteiger partial charge < -0.3 is 5.11 Å². The normalized spacial score (nSPS) is 18.3. The molecule has 2 nitrogen and oxygen atoms in total. The number of carbonyl (C=O) groups is 1. The zero-order valence-electron chi connectivity index (χ0n) is 7.29. The van der Waals surface area contributed by atoms with Crippen LogP contribution >= 0.6 is 11.8 Å². The fraction of sp³-hybridized carbons (Fsp3) is 0.889. The molecule has 0 aliphatic heterocycles. The molecule has 0 unspecified atom stereocenters. The SMILES string of the molecule is O=C(O)CCSCC1CCCC1. The molecule has 0 atom stereocenters. The minimum atomic E-state index is -0.672. The van der Waals surface area contributed by atoms with Crippen LogP contribution in [0.3, 0.4) is 0 Å². The molecule has 0 saturated heterocycles. The zero-order chi connectivity index (χ0) is 8.81. The highest BCUT2D eigenvalue weighted by atomic mass is 32.2. The lowest BCUT2D eigenvalue weighted by atomic mass is 10.1. The first-order valence-electron chi connectivity index (χ1n) is 4.58. The van der Waals surface area contributed by atoms with Crippen LogP contribution in [0.1, 0.15) is 32.1 Å². The van der Waals surface area contributed by atoms with E-state index in [2.05, 4.69) is 0 Å². The van der Waals surface area contributed by atoms with Crippen molar-refractivity contribution in [1.29, 1.82) is 0 Å². The molecule has 1 fully saturated rings. The van der Waals surface area contributed by atoms with Gasteiger partial charge in [0.1, 0.15) is 0 Å². The van der Waals surface area contributed by atoms with Crippen molar-refractivity contribution in [3.63, 3.8) is 0 Å². The van der Waals surface area contributed by atoms with Gasteiger partial charge in [0.25, 0.3) is 0 Å². The van der Waals surface area contributed by atoms with Gasteiger partial charge in [0, 0.05) is 5.75 Å². The molecule has 0 aromatic heterocycles. The summed E-state index contributed by atoms with van der Waals surface area (Å²) in [4.78, 5) is 10.2. The Kier molecular flexibility index (Phi) is 4.51. The van der Waals surface area contributed by atoms with Gasteiger partial charge in [0.2, 0.25) is 0 Å². The first-order chi connectivity index (χ1) is 5.79. The van der Waals surface area contributed by atoms with Crippen molar-refractivity contribution in [2.45, 2.75) is 32.1 Å². The molecule has 1 saturated carbocycles. The summed E-state index contributed by atoms with van der Waals surface area (Å²) in [6.45, 7) is 0. The molecule has 1 aliphatic carbocycles. The van der Waals surface area contributed by atoms with Crippen LogP contribution in [0.2, 0.25) is 0 Å². The third-order valence-corrected chi connectivity index (χ3v) is 3.49. The molecule has 0 spiro atoms. The van der Waals surface area contributed by atoms with Gasteiger partial charge in [-0.25, -0.2) is 0 Å². The lowest BCUT2D eigenvalue weighted by molar-refractivity contribution is -0.136. The van der Waals surface area contributed by atoms with E-state index >= 15 is 0 Å². The monoisotopic (exact) mass is 188 g/mol. The molecular formula is C9H16O2S. The minimum Gasteiger partial charge on any atom is -0.481 e. The number of hydrogen-bond acceptors (Lipinski definition) is 2. The topological polar surface area (TPSA) is 37.3 Å². The fourth-order valence-corrected chi connectivity index (χ4v) is 2.74.